The summed E-state index contributed by atoms with van der Waals surface area (Å²) in [5.74, 6) is -1.25. The van der Waals surface area contributed by atoms with Gasteiger partial charge in [-0.05, 0) is 30.4 Å². The Hall–Kier alpha value is -2.28. The number of H-pyrrole nitrogens is 1. The van der Waals surface area contributed by atoms with Crippen molar-refractivity contribution in [3.05, 3.63) is 40.9 Å². The number of carboxylic acid groups (broad SMARTS) is 1. The van der Waals surface area contributed by atoms with Crippen LogP contribution in [0.4, 0.5) is 0 Å². The number of phenols is 1. The second-order valence-corrected chi connectivity index (χ2v) is 3.55. The molecule has 0 aliphatic heterocycles. The van der Waals surface area contributed by atoms with Crippen molar-refractivity contribution in [3.63, 3.8) is 0 Å². The van der Waals surface area contributed by atoms with Gasteiger partial charge >= 0.3 is 5.97 Å². The monoisotopic (exact) mass is 252 g/mol. The van der Waals surface area contributed by atoms with Crippen LogP contribution in [-0.2, 0) is 0 Å². The highest BCUT2D eigenvalue weighted by molar-refractivity contribution is 7.71. The van der Waals surface area contributed by atoms with Gasteiger partial charge in [-0.2, -0.15) is 4.73 Å². The molecule has 2 rings (SSSR count). The molecule has 0 atom stereocenters. The Morgan fingerprint density at radius 2 is 2.24 bits per heavy atom. The van der Waals surface area contributed by atoms with Crippen LogP contribution in [0.15, 0.2) is 30.6 Å². The van der Waals surface area contributed by atoms with Crippen LogP contribution in [0.3, 0.4) is 0 Å². The summed E-state index contributed by atoms with van der Waals surface area (Å²) < 4.78 is 1.52. The summed E-state index contributed by atoms with van der Waals surface area (Å²) in [4.78, 5) is 18.9. The Kier molecular flexibility index (Phi) is 2.84. The van der Waals surface area contributed by atoms with Gasteiger partial charge in [0.15, 0.2) is 5.75 Å². The van der Waals surface area contributed by atoms with Crippen molar-refractivity contribution in [1.29, 1.82) is 0 Å². The van der Waals surface area contributed by atoms with Gasteiger partial charge < -0.3 is 20.0 Å². The van der Waals surface area contributed by atoms with Crippen LogP contribution >= 0.6 is 12.2 Å². The largest absolute Gasteiger partial charge is 0.508 e. The molecule has 1 heterocycles. The van der Waals surface area contributed by atoms with E-state index in [9.17, 15) is 9.90 Å². The number of rotatable bonds is 3. The van der Waals surface area contributed by atoms with Crippen molar-refractivity contribution < 1.29 is 19.8 Å². The molecule has 0 fully saturated rings. The van der Waals surface area contributed by atoms with Gasteiger partial charge in [-0.1, -0.05) is 0 Å². The number of aromatic amines is 1. The fourth-order valence-electron chi connectivity index (χ4n) is 1.25. The standard InChI is InChI=1S/C10H8N2O4S/c13-6-1-2-8(7(5-6)9(14)15)16-12-4-3-11-10(12)17/h1-5,13H,(H,11,17)(H,14,15). The molecule has 0 bridgehead atoms. The van der Waals surface area contributed by atoms with E-state index in [1.165, 1.54) is 23.1 Å². The van der Waals surface area contributed by atoms with Gasteiger partial charge in [0, 0.05) is 6.20 Å². The highest BCUT2D eigenvalue weighted by Gasteiger charge is 2.13. The fraction of sp³-hybridized carbons (Fsp3) is 0. The summed E-state index contributed by atoms with van der Waals surface area (Å²) in [6.45, 7) is 0. The zero-order chi connectivity index (χ0) is 12.4. The lowest BCUT2D eigenvalue weighted by molar-refractivity contribution is 0.0688. The van der Waals surface area contributed by atoms with Crippen molar-refractivity contribution in [2.24, 2.45) is 0 Å². The van der Waals surface area contributed by atoms with Crippen molar-refractivity contribution >= 4 is 18.2 Å². The molecule has 1 aromatic carbocycles. The average molecular weight is 252 g/mol. The first-order chi connectivity index (χ1) is 8.08. The minimum atomic E-state index is -1.20. The van der Waals surface area contributed by atoms with E-state index in [1.54, 1.807) is 6.20 Å². The number of aromatic carboxylic acids is 1. The van der Waals surface area contributed by atoms with Crippen LogP contribution in [0.25, 0.3) is 0 Å². The van der Waals surface area contributed by atoms with Crippen LogP contribution in [0, 0.1) is 4.77 Å². The predicted molar refractivity (Wildman–Crippen MR) is 60.7 cm³/mol. The molecule has 2 aromatic rings. The number of aromatic nitrogens is 2. The van der Waals surface area contributed by atoms with Gasteiger partial charge in [0.2, 0.25) is 4.77 Å². The second-order valence-electron chi connectivity index (χ2n) is 3.17. The smallest absolute Gasteiger partial charge is 0.339 e. The number of carbonyl (C=O) groups is 1. The Balaban J connectivity index is 2.42. The molecule has 0 saturated heterocycles. The second kappa shape index (κ2) is 4.30. The number of nitrogens with zero attached hydrogens (tertiary/aromatic N) is 1. The van der Waals surface area contributed by atoms with Crippen molar-refractivity contribution in [2.75, 3.05) is 0 Å². The van der Waals surface area contributed by atoms with Crippen molar-refractivity contribution in [3.8, 4) is 11.5 Å². The first-order valence-electron chi connectivity index (χ1n) is 4.58. The maximum absolute atomic E-state index is 11.0. The van der Waals surface area contributed by atoms with Gasteiger partial charge in [-0.3, -0.25) is 0 Å². The number of benzene rings is 1. The van der Waals surface area contributed by atoms with E-state index in [4.69, 9.17) is 22.2 Å². The lowest BCUT2D eigenvalue weighted by Crippen LogP contribution is -2.08. The molecule has 7 heteroatoms. The summed E-state index contributed by atoms with van der Waals surface area (Å²) in [6.07, 6.45) is 3.07. The molecule has 3 N–H and O–H groups in total. The lowest BCUT2D eigenvalue weighted by Gasteiger charge is -2.08. The summed E-state index contributed by atoms with van der Waals surface area (Å²) in [5.41, 5.74) is -0.145. The number of phenolic OH excluding ortho intramolecular Hbond substituents is 1. The Labute approximate surface area is 101 Å². The highest BCUT2D eigenvalue weighted by Crippen LogP contribution is 2.23. The normalized spacial score (nSPS) is 10.1. The van der Waals surface area contributed by atoms with Crippen LogP contribution in [0.2, 0.25) is 0 Å². The summed E-state index contributed by atoms with van der Waals surface area (Å²) in [6, 6.07) is 3.79. The molecule has 0 spiro atoms. The first-order valence-corrected chi connectivity index (χ1v) is 4.99. The van der Waals surface area contributed by atoms with Crippen molar-refractivity contribution in [2.45, 2.75) is 0 Å². The van der Waals surface area contributed by atoms with E-state index >= 15 is 0 Å². The third-order valence-electron chi connectivity index (χ3n) is 2.01. The van der Waals surface area contributed by atoms with E-state index in [-0.39, 0.29) is 17.1 Å². The summed E-state index contributed by atoms with van der Waals surface area (Å²) in [5, 5.41) is 18.2. The number of nitrogens with one attached hydrogen (secondary N) is 1. The topological polar surface area (TPSA) is 87.5 Å². The Morgan fingerprint density at radius 1 is 1.47 bits per heavy atom. The van der Waals surface area contributed by atoms with E-state index in [0.29, 0.717) is 4.77 Å². The average Bonchev–Trinajstić information content (AvgIpc) is 2.67. The van der Waals surface area contributed by atoms with Crippen LogP contribution in [-0.4, -0.2) is 25.9 Å². The fourth-order valence-corrected chi connectivity index (χ4v) is 1.42. The molecule has 0 radical (unpaired) electrons. The zero-order valence-corrected chi connectivity index (χ0v) is 9.27. The quantitative estimate of drug-likeness (QED) is 0.725. The number of imidazole rings is 1. The molecular weight excluding hydrogens is 244 g/mol. The molecule has 6 nitrogen and oxygen atoms in total. The van der Waals surface area contributed by atoms with E-state index in [2.05, 4.69) is 4.98 Å². The molecule has 0 unspecified atom stereocenters. The molecule has 17 heavy (non-hydrogen) atoms. The first kappa shape index (κ1) is 11.2. The van der Waals surface area contributed by atoms with E-state index < -0.39 is 5.97 Å². The minimum Gasteiger partial charge on any atom is -0.508 e. The number of aromatic hydroxyl groups is 1. The minimum absolute atomic E-state index is 0.0889. The van der Waals surface area contributed by atoms with E-state index in [1.807, 2.05) is 0 Å². The molecular formula is C10H8N2O4S. The molecule has 0 amide bonds. The third kappa shape index (κ3) is 2.28. The van der Waals surface area contributed by atoms with E-state index in [0.717, 1.165) is 6.07 Å². The summed E-state index contributed by atoms with van der Waals surface area (Å²) >= 11 is 4.90. The molecule has 88 valence electrons. The Morgan fingerprint density at radius 3 is 2.82 bits per heavy atom. The third-order valence-corrected chi connectivity index (χ3v) is 2.30. The lowest BCUT2D eigenvalue weighted by atomic mass is 10.2. The maximum atomic E-state index is 11.0. The highest BCUT2D eigenvalue weighted by atomic mass is 32.1. The number of hydrogen-bond acceptors (Lipinski definition) is 4. The van der Waals surface area contributed by atoms with Crippen LogP contribution in [0.1, 0.15) is 10.4 Å². The van der Waals surface area contributed by atoms with Gasteiger partial charge in [0.25, 0.3) is 0 Å². The van der Waals surface area contributed by atoms with Gasteiger partial charge in [-0.15, -0.1) is 0 Å². The van der Waals surface area contributed by atoms with Gasteiger partial charge in [-0.25, -0.2) is 4.79 Å². The SMILES string of the molecule is O=C(O)c1cc(O)ccc1On1cc[nH]c1=S. The summed E-state index contributed by atoms with van der Waals surface area (Å²) in [7, 11) is 0. The van der Waals surface area contributed by atoms with Crippen LogP contribution < -0.4 is 4.84 Å². The molecule has 0 aliphatic rings. The number of carboxylic acids is 1. The zero-order valence-electron chi connectivity index (χ0n) is 8.45. The van der Waals surface area contributed by atoms with Gasteiger partial charge in [0.05, 0.1) is 6.20 Å². The predicted octanol–water partition coefficient (Wildman–Crippen LogP) is 1.79. The molecule has 0 saturated carbocycles. The molecule has 1 aromatic heterocycles. The maximum Gasteiger partial charge on any atom is 0.339 e. The van der Waals surface area contributed by atoms with Crippen LogP contribution in [0.5, 0.6) is 11.5 Å². The number of hydrogen-bond donors (Lipinski definition) is 3. The Bertz CT molecular complexity index is 617. The van der Waals surface area contributed by atoms with Crippen molar-refractivity contribution in [1.82, 2.24) is 9.71 Å². The molecule has 0 aliphatic carbocycles. The van der Waals surface area contributed by atoms with Gasteiger partial charge in [0.1, 0.15) is 11.3 Å².